The predicted octanol–water partition coefficient (Wildman–Crippen LogP) is 4.64. The first kappa shape index (κ1) is 18.0. The number of ether oxygens (including phenoxy) is 1. The molecule has 1 aromatic heterocycles. The van der Waals surface area contributed by atoms with Crippen molar-refractivity contribution in [2.24, 2.45) is 0 Å². The third-order valence-electron chi connectivity index (χ3n) is 4.32. The Bertz CT molecular complexity index is 1170. The molecule has 0 bridgehead atoms. The fraction of sp³-hybridized carbons (Fsp3) is 0.0952. The van der Waals surface area contributed by atoms with E-state index < -0.39 is 0 Å². The van der Waals surface area contributed by atoms with Crippen LogP contribution >= 0.6 is 11.6 Å². The van der Waals surface area contributed by atoms with Crippen LogP contribution in [-0.2, 0) is 0 Å². The van der Waals surface area contributed by atoms with Crippen molar-refractivity contribution in [3.63, 3.8) is 0 Å². The molecule has 0 aliphatic rings. The third-order valence-corrected chi connectivity index (χ3v) is 4.61. The van der Waals surface area contributed by atoms with Crippen LogP contribution in [0.25, 0.3) is 16.7 Å². The summed E-state index contributed by atoms with van der Waals surface area (Å²) in [6, 6.07) is 18.2. The normalized spacial score (nSPS) is 10.8. The number of halogens is 1. The van der Waals surface area contributed by atoms with Crippen LogP contribution in [0.4, 0.5) is 5.69 Å². The SMILES string of the molecule is COc1ccc(C(=O)Nc2ccc3nn(-c4ccc(C)cc4)nc3c2)cc1Cl. The quantitative estimate of drug-likeness (QED) is 0.549. The number of amides is 1. The lowest BCUT2D eigenvalue weighted by Gasteiger charge is -2.07. The standard InChI is InChI=1S/C21H17ClN4O2/c1-13-3-7-16(8-4-13)26-24-18-9-6-15(12-19(18)25-26)23-21(27)14-5-10-20(28-2)17(22)11-14/h3-12H,1-2H3,(H,23,27). The van der Waals surface area contributed by atoms with Crippen LogP contribution in [0.2, 0.25) is 5.02 Å². The van der Waals surface area contributed by atoms with Gasteiger partial charge in [0.1, 0.15) is 16.8 Å². The molecule has 0 radical (unpaired) electrons. The van der Waals surface area contributed by atoms with E-state index in [1.165, 1.54) is 12.7 Å². The number of hydrogen-bond acceptors (Lipinski definition) is 4. The molecule has 0 unspecified atom stereocenters. The summed E-state index contributed by atoms with van der Waals surface area (Å²) in [4.78, 5) is 14.1. The Morgan fingerprint density at radius 2 is 1.75 bits per heavy atom. The van der Waals surface area contributed by atoms with Crippen molar-refractivity contribution < 1.29 is 9.53 Å². The van der Waals surface area contributed by atoms with E-state index in [0.29, 0.717) is 27.5 Å². The van der Waals surface area contributed by atoms with E-state index >= 15 is 0 Å². The number of nitrogens with zero attached hydrogens (tertiary/aromatic N) is 3. The Kier molecular flexibility index (Phi) is 4.71. The molecule has 4 aromatic rings. The van der Waals surface area contributed by atoms with Gasteiger partial charge in [-0.3, -0.25) is 4.79 Å². The fourth-order valence-electron chi connectivity index (χ4n) is 2.80. The Morgan fingerprint density at radius 3 is 2.46 bits per heavy atom. The zero-order valence-electron chi connectivity index (χ0n) is 15.3. The maximum absolute atomic E-state index is 12.5. The lowest BCUT2D eigenvalue weighted by Crippen LogP contribution is -2.11. The third kappa shape index (κ3) is 3.54. The van der Waals surface area contributed by atoms with Crippen molar-refractivity contribution in [2.75, 3.05) is 12.4 Å². The van der Waals surface area contributed by atoms with Crippen molar-refractivity contribution in [3.05, 3.63) is 76.8 Å². The number of methoxy groups -OCH3 is 1. The van der Waals surface area contributed by atoms with Crippen molar-refractivity contribution in [1.82, 2.24) is 15.0 Å². The fourth-order valence-corrected chi connectivity index (χ4v) is 3.05. The molecule has 0 atom stereocenters. The minimum atomic E-state index is -0.269. The first-order valence-electron chi connectivity index (χ1n) is 8.62. The zero-order chi connectivity index (χ0) is 19.7. The van der Waals surface area contributed by atoms with Crippen LogP contribution < -0.4 is 10.1 Å². The molecule has 3 aromatic carbocycles. The van der Waals surface area contributed by atoms with E-state index in [4.69, 9.17) is 16.3 Å². The molecule has 0 aliphatic heterocycles. The molecule has 0 saturated heterocycles. The molecule has 1 N–H and O–H groups in total. The van der Waals surface area contributed by atoms with Gasteiger partial charge in [-0.05, 0) is 55.5 Å². The topological polar surface area (TPSA) is 69.0 Å². The molecule has 0 fully saturated rings. The molecule has 0 aliphatic carbocycles. The molecule has 1 amide bonds. The minimum Gasteiger partial charge on any atom is -0.495 e. The maximum Gasteiger partial charge on any atom is 0.255 e. The number of carbonyl (C=O) groups excluding carboxylic acids is 1. The summed E-state index contributed by atoms with van der Waals surface area (Å²) in [7, 11) is 1.53. The van der Waals surface area contributed by atoms with Crippen molar-refractivity contribution >= 4 is 34.2 Å². The number of benzene rings is 3. The van der Waals surface area contributed by atoms with E-state index in [0.717, 1.165) is 11.2 Å². The second-order valence-corrected chi connectivity index (χ2v) is 6.74. The molecule has 1 heterocycles. The van der Waals surface area contributed by atoms with Crippen LogP contribution in [0.15, 0.2) is 60.7 Å². The van der Waals surface area contributed by atoms with Gasteiger partial charge in [0.2, 0.25) is 0 Å². The number of hydrogen-bond donors (Lipinski definition) is 1. The number of aromatic nitrogens is 3. The average molecular weight is 393 g/mol. The zero-order valence-corrected chi connectivity index (χ0v) is 16.1. The second kappa shape index (κ2) is 7.32. The summed E-state index contributed by atoms with van der Waals surface area (Å²) in [5.74, 6) is 0.252. The van der Waals surface area contributed by atoms with Gasteiger partial charge in [-0.2, -0.15) is 4.80 Å². The van der Waals surface area contributed by atoms with Gasteiger partial charge in [0.15, 0.2) is 0 Å². The van der Waals surface area contributed by atoms with Gasteiger partial charge >= 0.3 is 0 Å². The van der Waals surface area contributed by atoms with Crippen LogP contribution in [0.1, 0.15) is 15.9 Å². The monoisotopic (exact) mass is 392 g/mol. The summed E-state index contributed by atoms with van der Waals surface area (Å²) in [6.45, 7) is 2.03. The van der Waals surface area contributed by atoms with Gasteiger partial charge in [0, 0.05) is 11.3 Å². The number of fused-ring (bicyclic) bond motifs is 1. The van der Waals surface area contributed by atoms with Crippen LogP contribution in [0, 0.1) is 6.92 Å². The highest BCUT2D eigenvalue weighted by molar-refractivity contribution is 6.32. The molecule has 7 heteroatoms. The first-order valence-corrected chi connectivity index (χ1v) is 9.00. The molecule has 0 spiro atoms. The van der Waals surface area contributed by atoms with E-state index in [-0.39, 0.29) is 5.91 Å². The van der Waals surface area contributed by atoms with Crippen LogP contribution in [-0.4, -0.2) is 28.0 Å². The van der Waals surface area contributed by atoms with E-state index in [9.17, 15) is 4.79 Å². The van der Waals surface area contributed by atoms with Gasteiger partial charge in [-0.25, -0.2) is 0 Å². The minimum absolute atomic E-state index is 0.269. The lowest BCUT2D eigenvalue weighted by atomic mass is 10.2. The van der Waals surface area contributed by atoms with Crippen LogP contribution in [0.5, 0.6) is 5.75 Å². The molecule has 6 nitrogen and oxygen atoms in total. The highest BCUT2D eigenvalue weighted by atomic mass is 35.5. The van der Waals surface area contributed by atoms with E-state index in [1.807, 2.05) is 37.3 Å². The molecule has 4 rings (SSSR count). The number of anilines is 1. The Morgan fingerprint density at radius 1 is 1.00 bits per heavy atom. The van der Waals surface area contributed by atoms with E-state index in [1.54, 1.807) is 35.1 Å². The smallest absolute Gasteiger partial charge is 0.255 e. The van der Waals surface area contributed by atoms with Gasteiger partial charge in [0.05, 0.1) is 17.8 Å². The number of rotatable bonds is 4. The summed E-state index contributed by atoms with van der Waals surface area (Å²) < 4.78 is 5.11. The van der Waals surface area contributed by atoms with Gasteiger partial charge < -0.3 is 10.1 Å². The summed E-state index contributed by atoms with van der Waals surface area (Å²) >= 11 is 6.10. The van der Waals surface area contributed by atoms with Gasteiger partial charge in [-0.15, -0.1) is 10.2 Å². The average Bonchev–Trinajstić information content (AvgIpc) is 3.11. The lowest BCUT2D eigenvalue weighted by molar-refractivity contribution is 0.102. The van der Waals surface area contributed by atoms with Crippen molar-refractivity contribution in [2.45, 2.75) is 6.92 Å². The van der Waals surface area contributed by atoms with Crippen molar-refractivity contribution in [1.29, 1.82) is 0 Å². The highest BCUT2D eigenvalue weighted by Crippen LogP contribution is 2.25. The summed E-state index contributed by atoms with van der Waals surface area (Å²) in [6.07, 6.45) is 0. The largest absolute Gasteiger partial charge is 0.495 e. The molecular formula is C21H17ClN4O2. The summed E-state index contributed by atoms with van der Waals surface area (Å²) in [5, 5.41) is 12.2. The second-order valence-electron chi connectivity index (χ2n) is 6.33. The maximum atomic E-state index is 12.5. The molecular weight excluding hydrogens is 376 g/mol. The summed E-state index contributed by atoms with van der Waals surface area (Å²) in [5.41, 5.74) is 4.54. The van der Waals surface area contributed by atoms with E-state index in [2.05, 4.69) is 15.5 Å². The Balaban J connectivity index is 1.58. The highest BCUT2D eigenvalue weighted by Gasteiger charge is 2.11. The predicted molar refractivity (Wildman–Crippen MR) is 110 cm³/mol. The van der Waals surface area contributed by atoms with Gasteiger partial charge in [0.25, 0.3) is 5.91 Å². The Labute approximate surface area is 166 Å². The van der Waals surface area contributed by atoms with Crippen LogP contribution in [0.3, 0.4) is 0 Å². The molecule has 140 valence electrons. The molecule has 0 saturated carbocycles. The number of aryl methyl sites for hydroxylation is 1. The molecule has 28 heavy (non-hydrogen) atoms. The Hall–Kier alpha value is -3.38. The van der Waals surface area contributed by atoms with Gasteiger partial charge in [-0.1, -0.05) is 29.3 Å². The number of nitrogens with one attached hydrogen (secondary N) is 1. The van der Waals surface area contributed by atoms with Crippen molar-refractivity contribution in [3.8, 4) is 11.4 Å². The first-order chi connectivity index (χ1) is 13.5. The number of carbonyl (C=O) groups is 1.